The fourth-order valence-corrected chi connectivity index (χ4v) is 1.46. The number of hydrogen-bond acceptors (Lipinski definition) is 1. The Balaban J connectivity index is 3.39. The molecule has 1 rings (SSSR count). The Morgan fingerprint density at radius 1 is 1.17 bits per heavy atom. The standard InChI is InChI=1S/C9H10Cl2O/c1-5-4-7(12-3)6(2)9(11)8(5)10/h4H,1-3H3. The van der Waals surface area contributed by atoms with E-state index in [0.29, 0.717) is 10.0 Å². The minimum Gasteiger partial charge on any atom is -0.496 e. The van der Waals surface area contributed by atoms with Crippen LogP contribution >= 0.6 is 23.2 Å². The molecule has 12 heavy (non-hydrogen) atoms. The molecule has 0 atom stereocenters. The molecule has 3 heteroatoms. The second-order valence-electron chi connectivity index (χ2n) is 2.65. The lowest BCUT2D eigenvalue weighted by atomic mass is 10.1. The van der Waals surface area contributed by atoms with Crippen molar-refractivity contribution in [3.05, 3.63) is 27.2 Å². The fourth-order valence-electron chi connectivity index (χ4n) is 1.03. The van der Waals surface area contributed by atoms with Crippen LogP contribution in [0.25, 0.3) is 0 Å². The van der Waals surface area contributed by atoms with Gasteiger partial charge in [-0.15, -0.1) is 0 Å². The normalized spacial score (nSPS) is 10.1. The summed E-state index contributed by atoms with van der Waals surface area (Å²) in [6.07, 6.45) is 0. The molecule has 66 valence electrons. The quantitative estimate of drug-likeness (QED) is 0.680. The monoisotopic (exact) mass is 204 g/mol. The van der Waals surface area contributed by atoms with E-state index < -0.39 is 0 Å². The van der Waals surface area contributed by atoms with E-state index >= 15 is 0 Å². The van der Waals surface area contributed by atoms with E-state index in [1.165, 1.54) is 0 Å². The van der Waals surface area contributed by atoms with E-state index in [9.17, 15) is 0 Å². The molecule has 0 N–H and O–H groups in total. The van der Waals surface area contributed by atoms with Crippen molar-refractivity contribution in [3.8, 4) is 5.75 Å². The van der Waals surface area contributed by atoms with Gasteiger partial charge in [-0.2, -0.15) is 0 Å². The molecule has 0 spiro atoms. The van der Waals surface area contributed by atoms with E-state index in [1.807, 2.05) is 19.9 Å². The molecular weight excluding hydrogens is 195 g/mol. The Morgan fingerprint density at radius 3 is 2.25 bits per heavy atom. The van der Waals surface area contributed by atoms with Crippen molar-refractivity contribution >= 4 is 23.2 Å². The number of benzene rings is 1. The van der Waals surface area contributed by atoms with Crippen LogP contribution in [0.3, 0.4) is 0 Å². The smallest absolute Gasteiger partial charge is 0.123 e. The number of ether oxygens (including phenoxy) is 1. The lowest BCUT2D eigenvalue weighted by Crippen LogP contribution is -1.90. The highest BCUT2D eigenvalue weighted by molar-refractivity contribution is 6.43. The summed E-state index contributed by atoms with van der Waals surface area (Å²) in [6, 6.07) is 1.88. The lowest BCUT2D eigenvalue weighted by molar-refractivity contribution is 0.411. The van der Waals surface area contributed by atoms with Gasteiger partial charge in [-0.25, -0.2) is 0 Å². The zero-order valence-electron chi connectivity index (χ0n) is 7.24. The summed E-state index contributed by atoms with van der Waals surface area (Å²) in [7, 11) is 1.62. The molecule has 0 amide bonds. The van der Waals surface area contributed by atoms with Gasteiger partial charge in [0, 0.05) is 5.56 Å². The van der Waals surface area contributed by atoms with Crippen LogP contribution in [-0.2, 0) is 0 Å². The number of aryl methyl sites for hydroxylation is 1. The summed E-state index contributed by atoms with van der Waals surface area (Å²) in [5.41, 5.74) is 1.82. The van der Waals surface area contributed by atoms with Gasteiger partial charge in [0.15, 0.2) is 0 Å². The zero-order valence-corrected chi connectivity index (χ0v) is 8.75. The van der Waals surface area contributed by atoms with Gasteiger partial charge < -0.3 is 4.74 Å². The highest BCUT2D eigenvalue weighted by Crippen LogP contribution is 2.34. The minimum absolute atomic E-state index is 0.577. The largest absolute Gasteiger partial charge is 0.496 e. The molecular formula is C9H10Cl2O. The van der Waals surface area contributed by atoms with Crippen molar-refractivity contribution in [1.82, 2.24) is 0 Å². The molecule has 0 heterocycles. The van der Waals surface area contributed by atoms with Crippen molar-refractivity contribution < 1.29 is 4.74 Å². The second-order valence-corrected chi connectivity index (χ2v) is 3.40. The molecule has 0 unspecified atom stereocenters. The van der Waals surface area contributed by atoms with Gasteiger partial charge in [0.2, 0.25) is 0 Å². The Labute approximate surface area is 82.2 Å². The van der Waals surface area contributed by atoms with Crippen LogP contribution in [0.2, 0.25) is 10.0 Å². The van der Waals surface area contributed by atoms with Gasteiger partial charge in [0.25, 0.3) is 0 Å². The van der Waals surface area contributed by atoms with Crippen molar-refractivity contribution in [2.75, 3.05) is 7.11 Å². The molecule has 0 radical (unpaired) electrons. The van der Waals surface area contributed by atoms with Crippen molar-refractivity contribution in [3.63, 3.8) is 0 Å². The van der Waals surface area contributed by atoms with Gasteiger partial charge in [-0.05, 0) is 25.5 Å². The third-order valence-electron chi connectivity index (χ3n) is 1.81. The molecule has 0 bridgehead atoms. The van der Waals surface area contributed by atoms with E-state index in [2.05, 4.69) is 0 Å². The first kappa shape index (κ1) is 9.69. The van der Waals surface area contributed by atoms with E-state index in [4.69, 9.17) is 27.9 Å². The van der Waals surface area contributed by atoms with Crippen LogP contribution in [-0.4, -0.2) is 7.11 Å². The number of hydrogen-bond donors (Lipinski definition) is 0. The average Bonchev–Trinajstić information content (AvgIpc) is 2.08. The Bertz CT molecular complexity index is 308. The van der Waals surface area contributed by atoms with Crippen molar-refractivity contribution in [2.24, 2.45) is 0 Å². The first-order valence-corrected chi connectivity index (χ1v) is 4.32. The van der Waals surface area contributed by atoms with E-state index in [-0.39, 0.29) is 0 Å². The highest BCUT2D eigenvalue weighted by Gasteiger charge is 2.09. The van der Waals surface area contributed by atoms with Crippen LogP contribution in [0, 0.1) is 13.8 Å². The maximum atomic E-state index is 5.95. The van der Waals surface area contributed by atoms with Gasteiger partial charge in [0.1, 0.15) is 5.75 Å². The van der Waals surface area contributed by atoms with Crippen LogP contribution in [0.5, 0.6) is 5.75 Å². The first-order valence-electron chi connectivity index (χ1n) is 3.57. The molecule has 0 saturated carbocycles. The summed E-state index contributed by atoms with van der Waals surface area (Å²) in [5.74, 6) is 0.780. The summed E-state index contributed by atoms with van der Waals surface area (Å²) in [5, 5.41) is 1.18. The molecule has 1 aromatic carbocycles. The van der Waals surface area contributed by atoms with Crippen molar-refractivity contribution in [1.29, 1.82) is 0 Å². The fraction of sp³-hybridized carbons (Fsp3) is 0.333. The third-order valence-corrected chi connectivity index (χ3v) is 2.86. The first-order chi connectivity index (χ1) is 5.57. The Kier molecular flexibility index (Phi) is 2.86. The zero-order chi connectivity index (χ0) is 9.30. The summed E-state index contributed by atoms with van der Waals surface area (Å²) in [4.78, 5) is 0. The Hall–Kier alpha value is -0.400. The molecule has 0 aliphatic heterocycles. The van der Waals surface area contributed by atoms with Crippen LogP contribution in [0.4, 0.5) is 0 Å². The molecule has 0 aliphatic rings. The minimum atomic E-state index is 0.577. The van der Waals surface area contributed by atoms with E-state index in [1.54, 1.807) is 7.11 Å². The highest BCUT2D eigenvalue weighted by atomic mass is 35.5. The Morgan fingerprint density at radius 2 is 1.75 bits per heavy atom. The summed E-state index contributed by atoms with van der Waals surface area (Å²) in [6.45, 7) is 3.78. The SMILES string of the molecule is COc1cc(C)c(Cl)c(Cl)c1C. The molecule has 1 nitrogen and oxygen atoms in total. The average molecular weight is 205 g/mol. The molecule has 0 saturated heterocycles. The second kappa shape index (κ2) is 3.55. The number of methoxy groups -OCH3 is 1. The van der Waals surface area contributed by atoms with Gasteiger partial charge in [0.05, 0.1) is 17.2 Å². The molecule has 1 aromatic rings. The predicted octanol–water partition coefficient (Wildman–Crippen LogP) is 3.62. The van der Waals surface area contributed by atoms with Crippen LogP contribution in [0.1, 0.15) is 11.1 Å². The number of rotatable bonds is 1. The molecule has 0 aliphatic carbocycles. The van der Waals surface area contributed by atoms with E-state index in [0.717, 1.165) is 16.9 Å². The predicted molar refractivity (Wildman–Crippen MR) is 52.5 cm³/mol. The van der Waals surface area contributed by atoms with Crippen LogP contribution in [0.15, 0.2) is 6.07 Å². The van der Waals surface area contributed by atoms with Crippen molar-refractivity contribution in [2.45, 2.75) is 13.8 Å². The molecule has 0 aromatic heterocycles. The third kappa shape index (κ3) is 1.52. The lowest BCUT2D eigenvalue weighted by Gasteiger charge is -2.09. The van der Waals surface area contributed by atoms with Gasteiger partial charge >= 0.3 is 0 Å². The maximum Gasteiger partial charge on any atom is 0.123 e. The van der Waals surface area contributed by atoms with Gasteiger partial charge in [-0.3, -0.25) is 0 Å². The number of halogens is 2. The molecule has 0 fully saturated rings. The maximum absolute atomic E-state index is 5.95. The summed E-state index contributed by atoms with van der Waals surface area (Å²) < 4.78 is 5.12. The van der Waals surface area contributed by atoms with Crippen LogP contribution < -0.4 is 4.74 Å². The summed E-state index contributed by atoms with van der Waals surface area (Å²) >= 11 is 11.9. The van der Waals surface area contributed by atoms with Gasteiger partial charge in [-0.1, -0.05) is 23.2 Å². The topological polar surface area (TPSA) is 9.23 Å².